The first kappa shape index (κ1) is 9.34. The van der Waals surface area contributed by atoms with Gasteiger partial charge in [0.2, 0.25) is 0 Å². The maximum absolute atomic E-state index is 12.0. The van der Waals surface area contributed by atoms with Gasteiger partial charge in [0.25, 0.3) is 0 Å². The topological polar surface area (TPSA) is 17.1 Å². The first-order valence-corrected chi connectivity index (χ1v) is 5.51. The summed E-state index contributed by atoms with van der Waals surface area (Å²) in [6.07, 6.45) is 2.71. The van der Waals surface area contributed by atoms with E-state index in [1.807, 2.05) is 31.2 Å². The number of carbonyl (C=O) groups is 1. The molecule has 3 rings (SSSR count). The minimum atomic E-state index is 0.197. The van der Waals surface area contributed by atoms with Gasteiger partial charge in [-0.1, -0.05) is 36.4 Å². The number of allylic oxidation sites excluding steroid dienone is 2. The molecule has 1 nitrogen and oxygen atoms in total. The van der Waals surface area contributed by atoms with E-state index >= 15 is 0 Å². The Kier molecular flexibility index (Phi) is 1.93. The lowest BCUT2D eigenvalue weighted by molar-refractivity contribution is 0.103. The molecule has 0 aliphatic heterocycles. The van der Waals surface area contributed by atoms with Crippen LogP contribution >= 0.6 is 0 Å². The van der Waals surface area contributed by atoms with Crippen molar-refractivity contribution in [3.05, 3.63) is 59.2 Å². The summed E-state index contributed by atoms with van der Waals surface area (Å²) < 4.78 is 0. The Balaban J connectivity index is 2.30. The summed E-state index contributed by atoms with van der Waals surface area (Å²) in [6, 6.07) is 12.3. The van der Waals surface area contributed by atoms with Gasteiger partial charge in [0.15, 0.2) is 5.78 Å². The van der Waals surface area contributed by atoms with Crippen LogP contribution in [0.1, 0.15) is 22.8 Å². The fourth-order valence-electron chi connectivity index (χ4n) is 2.34. The summed E-state index contributed by atoms with van der Waals surface area (Å²) in [5.41, 5.74) is 2.97. The van der Waals surface area contributed by atoms with Crippen molar-refractivity contribution in [1.82, 2.24) is 0 Å². The highest BCUT2D eigenvalue weighted by molar-refractivity contribution is 6.14. The summed E-state index contributed by atoms with van der Waals surface area (Å²) in [5, 5.41) is 2.36. The number of Topliss-reactive ketones (excluding diaryl/α,β-unsaturated/α-hetero) is 1. The fraction of sp³-hybridized carbons (Fsp3) is 0.133. The number of hydrogen-bond donors (Lipinski definition) is 0. The monoisotopic (exact) mass is 208 g/mol. The number of ketones is 1. The summed E-state index contributed by atoms with van der Waals surface area (Å²) >= 11 is 0. The third-order valence-electron chi connectivity index (χ3n) is 3.24. The smallest absolute Gasteiger partial charge is 0.189 e. The molecule has 0 heterocycles. The van der Waals surface area contributed by atoms with E-state index in [0.717, 1.165) is 28.5 Å². The molecule has 0 N–H and O–H groups in total. The van der Waals surface area contributed by atoms with Crippen LogP contribution in [0.5, 0.6) is 0 Å². The molecule has 0 fully saturated rings. The number of benzene rings is 2. The molecular formula is C15H12O. The summed E-state index contributed by atoms with van der Waals surface area (Å²) in [7, 11) is 0. The molecule has 0 unspecified atom stereocenters. The summed E-state index contributed by atoms with van der Waals surface area (Å²) in [6.45, 7) is 1.93. The minimum absolute atomic E-state index is 0.197. The first-order chi connectivity index (χ1) is 7.79. The lowest BCUT2D eigenvalue weighted by Gasteiger charge is -2.01. The Morgan fingerprint density at radius 3 is 2.50 bits per heavy atom. The minimum Gasteiger partial charge on any atom is -0.289 e. The molecule has 0 saturated heterocycles. The molecule has 0 amide bonds. The molecule has 1 aliphatic rings. The Bertz CT molecular complexity index is 620. The highest BCUT2D eigenvalue weighted by Gasteiger charge is 2.24. The van der Waals surface area contributed by atoms with Crippen molar-refractivity contribution in [3.63, 3.8) is 0 Å². The quantitative estimate of drug-likeness (QED) is 0.605. The molecule has 2 aromatic rings. The zero-order valence-corrected chi connectivity index (χ0v) is 9.16. The van der Waals surface area contributed by atoms with Gasteiger partial charge >= 0.3 is 0 Å². The first-order valence-electron chi connectivity index (χ1n) is 5.51. The van der Waals surface area contributed by atoms with Gasteiger partial charge in [-0.3, -0.25) is 4.79 Å². The van der Waals surface area contributed by atoms with E-state index in [1.165, 1.54) is 5.39 Å². The van der Waals surface area contributed by atoms with E-state index in [9.17, 15) is 4.79 Å². The fourth-order valence-corrected chi connectivity index (χ4v) is 2.34. The van der Waals surface area contributed by atoms with Crippen molar-refractivity contribution in [2.45, 2.75) is 13.3 Å². The second-order valence-corrected chi connectivity index (χ2v) is 4.18. The lowest BCUT2D eigenvalue weighted by atomic mass is 10.0. The van der Waals surface area contributed by atoms with Gasteiger partial charge in [0.1, 0.15) is 0 Å². The van der Waals surface area contributed by atoms with E-state index in [0.29, 0.717) is 0 Å². The van der Waals surface area contributed by atoms with Crippen LogP contribution in [0.15, 0.2) is 48.0 Å². The predicted octanol–water partition coefficient (Wildman–Crippen LogP) is 3.52. The maximum Gasteiger partial charge on any atom is 0.189 e. The highest BCUT2D eigenvalue weighted by Crippen LogP contribution is 2.30. The molecule has 16 heavy (non-hydrogen) atoms. The molecule has 0 spiro atoms. The Hall–Kier alpha value is -1.89. The zero-order valence-electron chi connectivity index (χ0n) is 9.16. The van der Waals surface area contributed by atoms with Gasteiger partial charge < -0.3 is 0 Å². The van der Waals surface area contributed by atoms with Crippen LogP contribution in [0.2, 0.25) is 0 Å². The maximum atomic E-state index is 12.0. The molecule has 1 heteroatoms. The molecule has 0 aromatic heterocycles. The van der Waals surface area contributed by atoms with Gasteiger partial charge in [-0.2, -0.15) is 0 Å². The van der Waals surface area contributed by atoms with E-state index in [4.69, 9.17) is 0 Å². The van der Waals surface area contributed by atoms with Crippen LogP contribution in [0.25, 0.3) is 10.8 Å². The second kappa shape index (κ2) is 3.31. The number of rotatable bonds is 0. The third-order valence-corrected chi connectivity index (χ3v) is 3.24. The van der Waals surface area contributed by atoms with E-state index in [1.54, 1.807) is 0 Å². The third kappa shape index (κ3) is 1.21. The Morgan fingerprint density at radius 2 is 1.81 bits per heavy atom. The Morgan fingerprint density at radius 1 is 1.12 bits per heavy atom. The van der Waals surface area contributed by atoms with E-state index in [2.05, 4.69) is 18.2 Å². The van der Waals surface area contributed by atoms with Crippen LogP contribution in [0, 0.1) is 0 Å². The summed E-state index contributed by atoms with van der Waals surface area (Å²) in [4.78, 5) is 12.0. The number of fused-ring (bicyclic) bond motifs is 2. The highest BCUT2D eigenvalue weighted by atomic mass is 16.1. The molecule has 1 aliphatic carbocycles. The van der Waals surface area contributed by atoms with Crippen molar-refractivity contribution < 1.29 is 4.79 Å². The average molecular weight is 208 g/mol. The normalized spacial score (nSPS) is 17.1. The van der Waals surface area contributed by atoms with Crippen LogP contribution in [-0.4, -0.2) is 5.78 Å². The summed E-state index contributed by atoms with van der Waals surface area (Å²) in [5.74, 6) is 0.197. The molecule has 0 saturated carbocycles. The van der Waals surface area contributed by atoms with Crippen molar-refractivity contribution in [1.29, 1.82) is 0 Å². The lowest BCUT2D eigenvalue weighted by Crippen LogP contribution is -1.94. The van der Waals surface area contributed by atoms with E-state index in [-0.39, 0.29) is 5.78 Å². The number of hydrogen-bond acceptors (Lipinski definition) is 1. The molecule has 2 aromatic carbocycles. The van der Waals surface area contributed by atoms with Crippen molar-refractivity contribution in [2.24, 2.45) is 0 Å². The van der Waals surface area contributed by atoms with Crippen LogP contribution in [0.3, 0.4) is 0 Å². The van der Waals surface area contributed by atoms with Gasteiger partial charge in [-0.25, -0.2) is 0 Å². The van der Waals surface area contributed by atoms with Gasteiger partial charge in [-0.05, 0) is 29.3 Å². The molecule has 0 atom stereocenters. The number of carbonyl (C=O) groups excluding carboxylic acids is 1. The largest absolute Gasteiger partial charge is 0.289 e. The van der Waals surface area contributed by atoms with Crippen molar-refractivity contribution in [2.75, 3.05) is 0 Å². The predicted molar refractivity (Wildman–Crippen MR) is 65.7 cm³/mol. The van der Waals surface area contributed by atoms with Gasteiger partial charge in [0, 0.05) is 17.6 Å². The van der Waals surface area contributed by atoms with Crippen LogP contribution in [0.4, 0.5) is 0 Å². The Labute approximate surface area is 94.4 Å². The van der Waals surface area contributed by atoms with Crippen molar-refractivity contribution in [3.8, 4) is 0 Å². The average Bonchev–Trinajstić information content (AvgIpc) is 2.63. The SMILES string of the molecule is CC=C1Cc2cc3ccccc3cc2C1=O. The van der Waals surface area contributed by atoms with Crippen LogP contribution < -0.4 is 0 Å². The van der Waals surface area contributed by atoms with Gasteiger partial charge in [-0.15, -0.1) is 0 Å². The standard InChI is InChI=1S/C15H12O/c1-2-10-7-13-8-11-5-3-4-6-12(11)9-14(13)15(10)16/h2-6,8-9H,7H2,1H3. The van der Waals surface area contributed by atoms with E-state index < -0.39 is 0 Å². The van der Waals surface area contributed by atoms with Crippen molar-refractivity contribution >= 4 is 16.6 Å². The molecule has 0 radical (unpaired) electrons. The second-order valence-electron chi connectivity index (χ2n) is 4.18. The molecular weight excluding hydrogens is 196 g/mol. The van der Waals surface area contributed by atoms with Crippen LogP contribution in [-0.2, 0) is 6.42 Å². The molecule has 78 valence electrons. The van der Waals surface area contributed by atoms with Gasteiger partial charge in [0.05, 0.1) is 0 Å². The zero-order chi connectivity index (χ0) is 11.1. The molecule has 0 bridgehead atoms.